The summed E-state index contributed by atoms with van der Waals surface area (Å²) in [5.74, 6) is 0.240. The van der Waals surface area contributed by atoms with Crippen molar-refractivity contribution in [3.05, 3.63) is 50.9 Å². The molecule has 1 unspecified atom stereocenters. The number of hydrogen-bond acceptors (Lipinski definition) is 3. The van der Waals surface area contributed by atoms with Gasteiger partial charge < -0.3 is 9.84 Å². The van der Waals surface area contributed by atoms with Crippen LogP contribution in [0.25, 0.3) is 0 Å². The van der Waals surface area contributed by atoms with E-state index in [-0.39, 0.29) is 11.4 Å². The van der Waals surface area contributed by atoms with Crippen LogP contribution in [0.4, 0.5) is 4.39 Å². The zero-order valence-corrected chi connectivity index (χ0v) is 11.3. The first kappa shape index (κ1) is 13.3. The van der Waals surface area contributed by atoms with E-state index < -0.39 is 11.9 Å². The largest absolute Gasteiger partial charge is 0.496 e. The van der Waals surface area contributed by atoms with Gasteiger partial charge in [0.15, 0.2) is 0 Å². The van der Waals surface area contributed by atoms with E-state index in [2.05, 4.69) is 0 Å². The summed E-state index contributed by atoms with van der Waals surface area (Å²) in [7, 11) is 1.57. The maximum absolute atomic E-state index is 13.3. The van der Waals surface area contributed by atoms with E-state index >= 15 is 0 Å². The van der Waals surface area contributed by atoms with Gasteiger partial charge in [0.1, 0.15) is 11.6 Å². The van der Waals surface area contributed by atoms with Crippen molar-refractivity contribution in [2.75, 3.05) is 7.11 Å². The van der Waals surface area contributed by atoms with Crippen molar-refractivity contribution in [2.45, 2.75) is 12.5 Å². The number of methoxy groups -OCH3 is 1. The van der Waals surface area contributed by atoms with Gasteiger partial charge in [-0.1, -0.05) is 23.7 Å². The number of ether oxygens (including phenoxy) is 1. The van der Waals surface area contributed by atoms with Gasteiger partial charge >= 0.3 is 0 Å². The van der Waals surface area contributed by atoms with Gasteiger partial charge in [0.05, 0.1) is 18.2 Å². The van der Waals surface area contributed by atoms with Gasteiger partial charge in [-0.25, -0.2) is 4.39 Å². The van der Waals surface area contributed by atoms with Crippen LogP contribution in [0.3, 0.4) is 0 Å². The quantitative estimate of drug-likeness (QED) is 0.926. The van der Waals surface area contributed by atoms with Crippen LogP contribution in [0.15, 0.2) is 29.6 Å². The predicted octanol–water partition coefficient (Wildman–Crippen LogP) is 3.83. The molecule has 0 spiro atoms. The number of rotatable bonds is 4. The Labute approximate surface area is 114 Å². The van der Waals surface area contributed by atoms with Crippen molar-refractivity contribution < 1.29 is 14.2 Å². The molecule has 1 atom stereocenters. The summed E-state index contributed by atoms with van der Waals surface area (Å²) >= 11 is 7.25. The van der Waals surface area contributed by atoms with E-state index in [1.54, 1.807) is 25.3 Å². The molecule has 0 saturated carbocycles. The highest BCUT2D eigenvalue weighted by molar-refractivity contribution is 7.10. The zero-order chi connectivity index (χ0) is 13.1. The van der Waals surface area contributed by atoms with Gasteiger partial charge in [-0.15, -0.1) is 11.3 Å². The molecule has 1 N–H and O–H groups in total. The molecule has 0 amide bonds. The molecule has 1 heterocycles. The maximum atomic E-state index is 13.3. The van der Waals surface area contributed by atoms with E-state index in [1.165, 1.54) is 17.4 Å². The minimum atomic E-state index is -0.710. The second-order valence-electron chi connectivity index (χ2n) is 3.82. The lowest BCUT2D eigenvalue weighted by atomic mass is 10.1. The fourth-order valence-corrected chi connectivity index (χ4v) is 2.68. The van der Waals surface area contributed by atoms with Crippen molar-refractivity contribution in [2.24, 2.45) is 0 Å². The summed E-state index contributed by atoms with van der Waals surface area (Å²) in [5, 5.41) is 12.0. The standard InChI is InChI=1S/C13H12ClFO2S/c1-17-9-6-12(18-7-9)11(16)5-8-3-2-4-10(15)13(8)14/h2-4,6-7,11,16H,5H2,1H3. The number of aliphatic hydroxyl groups excluding tert-OH is 1. The molecule has 5 heteroatoms. The normalized spacial score (nSPS) is 12.4. The molecule has 18 heavy (non-hydrogen) atoms. The van der Waals surface area contributed by atoms with Crippen LogP contribution in [0.2, 0.25) is 5.02 Å². The Kier molecular flexibility index (Phi) is 4.22. The molecular weight excluding hydrogens is 275 g/mol. The van der Waals surface area contributed by atoms with Crippen molar-refractivity contribution in [1.82, 2.24) is 0 Å². The zero-order valence-electron chi connectivity index (χ0n) is 9.69. The first-order valence-corrected chi connectivity index (χ1v) is 6.61. The van der Waals surface area contributed by atoms with Crippen molar-refractivity contribution in [3.63, 3.8) is 0 Å². The summed E-state index contributed by atoms with van der Waals surface area (Å²) < 4.78 is 18.3. The summed E-state index contributed by atoms with van der Waals surface area (Å²) in [6.45, 7) is 0. The summed E-state index contributed by atoms with van der Waals surface area (Å²) in [4.78, 5) is 0.771. The average molecular weight is 287 g/mol. The van der Waals surface area contributed by atoms with Crippen LogP contribution < -0.4 is 4.74 Å². The molecule has 0 aliphatic carbocycles. The highest BCUT2D eigenvalue weighted by atomic mass is 35.5. The van der Waals surface area contributed by atoms with Gasteiger partial charge in [-0.05, 0) is 17.7 Å². The Morgan fingerprint density at radius 2 is 2.28 bits per heavy atom. The molecule has 0 aliphatic heterocycles. The molecule has 0 bridgehead atoms. The SMILES string of the molecule is COc1csc(C(O)Cc2cccc(F)c2Cl)c1. The van der Waals surface area contributed by atoms with Crippen molar-refractivity contribution in [1.29, 1.82) is 0 Å². The first-order chi connectivity index (χ1) is 8.61. The minimum absolute atomic E-state index is 0.0695. The van der Waals surface area contributed by atoms with Gasteiger partial charge in [-0.2, -0.15) is 0 Å². The number of halogens is 2. The van der Waals surface area contributed by atoms with Gasteiger partial charge in [0.25, 0.3) is 0 Å². The summed E-state index contributed by atoms with van der Waals surface area (Å²) in [6.07, 6.45) is -0.432. The maximum Gasteiger partial charge on any atom is 0.142 e. The van der Waals surface area contributed by atoms with Gasteiger partial charge in [0.2, 0.25) is 0 Å². The van der Waals surface area contributed by atoms with Crippen LogP contribution in [-0.2, 0) is 6.42 Å². The topological polar surface area (TPSA) is 29.5 Å². The van der Waals surface area contributed by atoms with E-state index in [0.29, 0.717) is 11.3 Å². The highest BCUT2D eigenvalue weighted by Gasteiger charge is 2.15. The predicted molar refractivity (Wildman–Crippen MR) is 70.9 cm³/mol. The monoisotopic (exact) mass is 286 g/mol. The van der Waals surface area contributed by atoms with Crippen molar-refractivity contribution in [3.8, 4) is 5.75 Å². The highest BCUT2D eigenvalue weighted by Crippen LogP contribution is 2.31. The lowest BCUT2D eigenvalue weighted by Gasteiger charge is -2.10. The molecule has 0 saturated heterocycles. The van der Waals surface area contributed by atoms with E-state index in [4.69, 9.17) is 16.3 Å². The number of aliphatic hydroxyl groups is 1. The molecule has 2 nitrogen and oxygen atoms in total. The molecule has 96 valence electrons. The van der Waals surface area contributed by atoms with E-state index in [9.17, 15) is 9.50 Å². The fourth-order valence-electron chi connectivity index (χ4n) is 1.63. The molecule has 0 aliphatic rings. The van der Waals surface area contributed by atoms with Gasteiger partial charge in [0, 0.05) is 16.7 Å². The Bertz CT molecular complexity index is 542. The Morgan fingerprint density at radius 3 is 2.94 bits per heavy atom. The molecule has 0 radical (unpaired) electrons. The van der Waals surface area contributed by atoms with Crippen LogP contribution >= 0.6 is 22.9 Å². The van der Waals surface area contributed by atoms with Crippen molar-refractivity contribution >= 4 is 22.9 Å². The van der Waals surface area contributed by atoms with Crippen LogP contribution in [-0.4, -0.2) is 12.2 Å². The molecule has 2 rings (SSSR count). The van der Waals surface area contributed by atoms with Crippen LogP contribution in [0, 0.1) is 5.82 Å². The molecule has 2 aromatic rings. The Morgan fingerprint density at radius 1 is 1.50 bits per heavy atom. The Balaban J connectivity index is 2.15. The molecular formula is C13H12ClFO2S. The van der Waals surface area contributed by atoms with Crippen LogP contribution in [0.5, 0.6) is 5.75 Å². The number of thiophene rings is 1. The lowest BCUT2D eigenvalue weighted by Crippen LogP contribution is -2.01. The second-order valence-corrected chi connectivity index (χ2v) is 5.14. The Hall–Kier alpha value is -1.10. The lowest BCUT2D eigenvalue weighted by molar-refractivity contribution is 0.182. The third kappa shape index (κ3) is 2.83. The summed E-state index contributed by atoms with van der Waals surface area (Å²) in [6, 6.07) is 6.35. The summed E-state index contributed by atoms with van der Waals surface area (Å²) in [5.41, 5.74) is 0.594. The third-order valence-corrected chi connectivity index (χ3v) is 4.04. The van der Waals surface area contributed by atoms with E-state index in [0.717, 1.165) is 4.88 Å². The minimum Gasteiger partial charge on any atom is -0.496 e. The molecule has 1 aromatic carbocycles. The smallest absolute Gasteiger partial charge is 0.142 e. The van der Waals surface area contributed by atoms with E-state index in [1.807, 2.05) is 5.38 Å². The third-order valence-electron chi connectivity index (χ3n) is 2.60. The average Bonchev–Trinajstić information content (AvgIpc) is 2.83. The molecule has 1 aromatic heterocycles. The van der Waals surface area contributed by atoms with Gasteiger partial charge in [-0.3, -0.25) is 0 Å². The number of benzene rings is 1. The van der Waals surface area contributed by atoms with Crippen LogP contribution in [0.1, 0.15) is 16.5 Å². The fraction of sp³-hybridized carbons (Fsp3) is 0.231. The first-order valence-electron chi connectivity index (χ1n) is 5.35. The second kappa shape index (κ2) is 5.69. The number of hydrogen-bond donors (Lipinski definition) is 1. The molecule has 0 fully saturated rings.